The van der Waals surface area contributed by atoms with Crippen LogP contribution < -0.4 is 11.1 Å². The van der Waals surface area contributed by atoms with Gasteiger partial charge in [0.15, 0.2) is 0 Å². The molecule has 0 spiro atoms. The number of nitrogens with zero attached hydrogens (tertiary/aromatic N) is 2. The van der Waals surface area contributed by atoms with Gasteiger partial charge in [-0.15, -0.1) is 5.10 Å². The molecule has 0 aromatic carbocycles. The molecule has 0 amide bonds. The summed E-state index contributed by atoms with van der Waals surface area (Å²) < 4.78 is 5.54. The molecule has 1 fully saturated rings. The number of rotatable bonds is 4. The molecule has 0 saturated heterocycles. The minimum Gasteiger partial charge on any atom is -0.376 e. The lowest BCUT2D eigenvalue weighted by Gasteiger charge is -2.42. The average Bonchev–Trinajstić information content (AvgIpc) is 2.27. The topological polar surface area (TPSA) is 73.1 Å². The Balaban J connectivity index is 1.93. The van der Waals surface area contributed by atoms with E-state index in [1.807, 2.05) is 19.1 Å². The maximum Gasteiger partial charge on any atom is 0.148 e. The summed E-state index contributed by atoms with van der Waals surface area (Å²) >= 11 is 0. The number of aromatic nitrogens is 2. The van der Waals surface area contributed by atoms with Crippen molar-refractivity contribution in [2.75, 3.05) is 11.9 Å². The predicted octanol–water partition coefficient (Wildman–Crippen LogP) is 0.393. The second-order valence-electron chi connectivity index (χ2n) is 3.67. The fourth-order valence-electron chi connectivity index (χ4n) is 1.78. The second kappa shape index (κ2) is 4.55. The van der Waals surface area contributed by atoms with Gasteiger partial charge >= 0.3 is 0 Å². The summed E-state index contributed by atoms with van der Waals surface area (Å²) in [5.74, 6) is 0.752. The van der Waals surface area contributed by atoms with Crippen molar-refractivity contribution in [3.8, 4) is 0 Å². The summed E-state index contributed by atoms with van der Waals surface area (Å²) in [6, 6.07) is 4.01. The summed E-state index contributed by atoms with van der Waals surface area (Å²) in [6.07, 6.45) is 2.75. The molecule has 1 aromatic rings. The smallest absolute Gasteiger partial charge is 0.148 e. The Morgan fingerprint density at radius 1 is 1.67 bits per heavy atom. The molecule has 82 valence electrons. The van der Waals surface area contributed by atoms with Crippen LogP contribution in [0.3, 0.4) is 0 Å². The zero-order chi connectivity index (χ0) is 10.7. The van der Waals surface area contributed by atoms with Crippen molar-refractivity contribution in [2.24, 2.45) is 5.73 Å². The SMILES string of the molecule is CCOC1CC(N)C1Nc1cccnn1. The summed E-state index contributed by atoms with van der Waals surface area (Å²) in [7, 11) is 0. The van der Waals surface area contributed by atoms with E-state index in [0.29, 0.717) is 0 Å². The number of nitrogens with two attached hydrogens (primary N) is 1. The monoisotopic (exact) mass is 208 g/mol. The van der Waals surface area contributed by atoms with E-state index in [-0.39, 0.29) is 18.2 Å². The summed E-state index contributed by atoms with van der Waals surface area (Å²) in [5.41, 5.74) is 5.90. The van der Waals surface area contributed by atoms with Gasteiger partial charge < -0.3 is 15.8 Å². The van der Waals surface area contributed by atoms with Gasteiger partial charge in [-0.3, -0.25) is 0 Å². The first-order valence-electron chi connectivity index (χ1n) is 5.22. The highest BCUT2D eigenvalue weighted by Gasteiger charge is 2.39. The van der Waals surface area contributed by atoms with E-state index in [1.165, 1.54) is 0 Å². The standard InChI is InChI=1S/C10H16N4O/c1-2-15-8-6-7(11)10(8)13-9-4-3-5-12-14-9/h3-5,7-8,10H,2,6,11H2,1H3,(H,13,14). The molecule has 0 aliphatic heterocycles. The molecule has 5 nitrogen and oxygen atoms in total. The second-order valence-corrected chi connectivity index (χ2v) is 3.67. The number of hydrogen-bond acceptors (Lipinski definition) is 5. The lowest BCUT2D eigenvalue weighted by molar-refractivity contribution is -0.0127. The zero-order valence-electron chi connectivity index (χ0n) is 8.76. The molecule has 3 N–H and O–H groups in total. The quantitative estimate of drug-likeness (QED) is 0.749. The largest absolute Gasteiger partial charge is 0.376 e. The lowest BCUT2D eigenvalue weighted by Crippen LogP contribution is -2.60. The third-order valence-corrected chi connectivity index (χ3v) is 2.63. The van der Waals surface area contributed by atoms with Gasteiger partial charge in [0.05, 0.1) is 12.1 Å². The van der Waals surface area contributed by atoms with E-state index < -0.39 is 0 Å². The van der Waals surface area contributed by atoms with Crippen LogP contribution in [-0.4, -0.2) is 35.0 Å². The number of nitrogens with one attached hydrogen (secondary N) is 1. The molecule has 1 aliphatic rings. The molecule has 3 atom stereocenters. The van der Waals surface area contributed by atoms with Gasteiger partial charge in [-0.2, -0.15) is 5.10 Å². The summed E-state index contributed by atoms with van der Waals surface area (Å²) in [6.45, 7) is 2.71. The van der Waals surface area contributed by atoms with E-state index in [4.69, 9.17) is 10.5 Å². The van der Waals surface area contributed by atoms with E-state index >= 15 is 0 Å². The first kappa shape index (κ1) is 10.3. The van der Waals surface area contributed by atoms with Crippen molar-refractivity contribution < 1.29 is 4.74 Å². The minimum atomic E-state index is 0.142. The Labute approximate surface area is 89.0 Å². The first-order chi connectivity index (χ1) is 7.31. The number of ether oxygens (including phenoxy) is 1. The molecule has 2 rings (SSSR count). The van der Waals surface area contributed by atoms with Crippen molar-refractivity contribution in [3.63, 3.8) is 0 Å². The lowest BCUT2D eigenvalue weighted by atomic mass is 9.83. The van der Waals surface area contributed by atoms with E-state index in [0.717, 1.165) is 18.8 Å². The molecule has 1 aliphatic carbocycles. The maximum atomic E-state index is 5.90. The van der Waals surface area contributed by atoms with Crippen LogP contribution in [0.25, 0.3) is 0 Å². The highest BCUT2D eigenvalue weighted by molar-refractivity contribution is 5.35. The Hall–Kier alpha value is -1.20. The molecule has 0 radical (unpaired) electrons. The molecule has 0 bridgehead atoms. The normalized spacial score (nSPS) is 29.6. The van der Waals surface area contributed by atoms with Gasteiger partial charge in [0, 0.05) is 18.8 Å². The minimum absolute atomic E-state index is 0.142. The van der Waals surface area contributed by atoms with E-state index in [9.17, 15) is 0 Å². The van der Waals surface area contributed by atoms with Crippen LogP contribution in [0.1, 0.15) is 13.3 Å². The molecule has 1 heterocycles. The van der Waals surface area contributed by atoms with Gasteiger partial charge in [0.2, 0.25) is 0 Å². The third kappa shape index (κ3) is 2.24. The molecule has 15 heavy (non-hydrogen) atoms. The van der Waals surface area contributed by atoms with Gasteiger partial charge in [-0.25, -0.2) is 0 Å². The number of hydrogen-bond donors (Lipinski definition) is 2. The highest BCUT2D eigenvalue weighted by Crippen LogP contribution is 2.25. The summed E-state index contributed by atoms with van der Waals surface area (Å²) in [4.78, 5) is 0. The first-order valence-corrected chi connectivity index (χ1v) is 5.22. The molecule has 1 aromatic heterocycles. The number of anilines is 1. The average molecular weight is 208 g/mol. The Morgan fingerprint density at radius 3 is 3.13 bits per heavy atom. The van der Waals surface area contributed by atoms with Crippen molar-refractivity contribution in [1.82, 2.24) is 10.2 Å². The molecule has 1 saturated carbocycles. The Kier molecular flexibility index (Phi) is 3.13. The van der Waals surface area contributed by atoms with Gasteiger partial charge in [-0.1, -0.05) is 0 Å². The fraction of sp³-hybridized carbons (Fsp3) is 0.600. The molecular weight excluding hydrogens is 192 g/mol. The molecule has 3 unspecified atom stereocenters. The highest BCUT2D eigenvalue weighted by atomic mass is 16.5. The van der Waals surface area contributed by atoms with Crippen molar-refractivity contribution >= 4 is 5.82 Å². The van der Waals surface area contributed by atoms with Crippen molar-refractivity contribution in [2.45, 2.75) is 31.5 Å². The predicted molar refractivity (Wildman–Crippen MR) is 57.4 cm³/mol. The van der Waals surface area contributed by atoms with Crippen LogP contribution in [-0.2, 0) is 4.74 Å². The van der Waals surface area contributed by atoms with Gasteiger partial charge in [0.25, 0.3) is 0 Å². The molecular formula is C10H16N4O. The zero-order valence-corrected chi connectivity index (χ0v) is 8.76. The van der Waals surface area contributed by atoms with Crippen LogP contribution in [0.15, 0.2) is 18.3 Å². The maximum absolute atomic E-state index is 5.90. The van der Waals surface area contributed by atoms with Crippen LogP contribution >= 0.6 is 0 Å². The van der Waals surface area contributed by atoms with Crippen LogP contribution in [0.5, 0.6) is 0 Å². The Bertz CT molecular complexity index is 304. The Morgan fingerprint density at radius 2 is 2.53 bits per heavy atom. The third-order valence-electron chi connectivity index (χ3n) is 2.63. The van der Waals surface area contributed by atoms with Crippen LogP contribution in [0.2, 0.25) is 0 Å². The van der Waals surface area contributed by atoms with E-state index in [1.54, 1.807) is 6.20 Å². The fourth-order valence-corrected chi connectivity index (χ4v) is 1.78. The van der Waals surface area contributed by atoms with E-state index in [2.05, 4.69) is 15.5 Å². The van der Waals surface area contributed by atoms with Crippen molar-refractivity contribution in [1.29, 1.82) is 0 Å². The van der Waals surface area contributed by atoms with Crippen LogP contribution in [0.4, 0.5) is 5.82 Å². The van der Waals surface area contributed by atoms with Gasteiger partial charge in [0.1, 0.15) is 5.82 Å². The molecule has 5 heteroatoms. The summed E-state index contributed by atoms with van der Waals surface area (Å²) in [5, 5.41) is 11.0. The van der Waals surface area contributed by atoms with Crippen molar-refractivity contribution in [3.05, 3.63) is 18.3 Å². The van der Waals surface area contributed by atoms with Crippen LogP contribution in [0, 0.1) is 0 Å². The van der Waals surface area contributed by atoms with Gasteiger partial charge in [-0.05, 0) is 25.5 Å².